The maximum Gasteiger partial charge on any atom is 0.432 e. The average molecular weight is 376 g/mol. The summed E-state index contributed by atoms with van der Waals surface area (Å²) in [5.74, 6) is -0.228. The highest BCUT2D eigenvalue weighted by atomic mass is 32.1. The van der Waals surface area contributed by atoms with Crippen LogP contribution in [-0.2, 0) is 17.4 Å². The molecule has 0 saturated heterocycles. The van der Waals surface area contributed by atoms with Crippen LogP contribution < -0.4 is 5.32 Å². The standard InChI is InChI=1S/C17H11F3N4OS/c18-17(19,20)13-8-26-16-15(22-9-24(13)16)23-14(25)7-10-3-4-12-11(6-10)2-1-5-21-12/h1-6,8-9H,7H2,(H,23,25). The summed E-state index contributed by atoms with van der Waals surface area (Å²) in [5.41, 5.74) is 0.791. The first-order valence-electron chi connectivity index (χ1n) is 7.57. The van der Waals surface area contributed by atoms with E-state index in [1.807, 2.05) is 24.3 Å². The second-order valence-corrected chi connectivity index (χ2v) is 6.50. The number of carbonyl (C=O) groups is 1. The van der Waals surface area contributed by atoms with E-state index < -0.39 is 11.9 Å². The highest BCUT2D eigenvalue weighted by Crippen LogP contribution is 2.34. The van der Waals surface area contributed by atoms with Crippen molar-refractivity contribution in [1.82, 2.24) is 14.4 Å². The van der Waals surface area contributed by atoms with Crippen LogP contribution in [-0.4, -0.2) is 20.3 Å². The Morgan fingerprint density at radius 2 is 2.08 bits per heavy atom. The molecule has 4 aromatic rings. The van der Waals surface area contributed by atoms with E-state index in [1.165, 1.54) is 0 Å². The van der Waals surface area contributed by atoms with Crippen molar-refractivity contribution in [3.8, 4) is 0 Å². The Balaban J connectivity index is 1.54. The zero-order valence-electron chi connectivity index (χ0n) is 13.1. The number of nitrogens with one attached hydrogen (secondary N) is 1. The molecule has 0 aliphatic rings. The summed E-state index contributed by atoms with van der Waals surface area (Å²) in [4.78, 5) is 20.6. The van der Waals surface area contributed by atoms with Crippen molar-refractivity contribution in [2.45, 2.75) is 12.6 Å². The molecule has 5 nitrogen and oxygen atoms in total. The number of fused-ring (bicyclic) bond motifs is 2. The molecule has 1 amide bonds. The van der Waals surface area contributed by atoms with Crippen LogP contribution in [0, 0.1) is 0 Å². The molecule has 0 atom stereocenters. The Kier molecular flexibility index (Phi) is 3.87. The number of nitrogens with zero attached hydrogens (tertiary/aromatic N) is 3. The molecule has 4 rings (SSSR count). The number of alkyl halides is 3. The van der Waals surface area contributed by atoms with Gasteiger partial charge < -0.3 is 5.32 Å². The summed E-state index contributed by atoms with van der Waals surface area (Å²) in [6, 6.07) is 9.18. The minimum Gasteiger partial charge on any atom is -0.308 e. The van der Waals surface area contributed by atoms with Gasteiger partial charge in [0, 0.05) is 17.0 Å². The second-order valence-electron chi connectivity index (χ2n) is 5.64. The third-order valence-corrected chi connectivity index (χ3v) is 4.80. The van der Waals surface area contributed by atoms with Gasteiger partial charge in [0.25, 0.3) is 0 Å². The fourth-order valence-electron chi connectivity index (χ4n) is 2.68. The van der Waals surface area contributed by atoms with Gasteiger partial charge in [0.1, 0.15) is 16.9 Å². The maximum absolute atomic E-state index is 12.9. The first kappa shape index (κ1) is 16.5. The molecule has 0 saturated carbocycles. The molecule has 1 N–H and O–H groups in total. The second kappa shape index (κ2) is 6.10. The number of carbonyl (C=O) groups excluding carboxylic acids is 1. The Morgan fingerprint density at radius 1 is 1.23 bits per heavy atom. The van der Waals surface area contributed by atoms with Gasteiger partial charge in [0.05, 0.1) is 11.9 Å². The normalized spacial score (nSPS) is 12.0. The Labute approximate surface area is 149 Å². The molecule has 0 radical (unpaired) electrons. The lowest BCUT2D eigenvalue weighted by molar-refractivity contribution is -0.141. The molecule has 0 spiro atoms. The highest BCUT2D eigenvalue weighted by Gasteiger charge is 2.35. The molecule has 0 aliphatic carbocycles. The minimum atomic E-state index is -4.47. The van der Waals surface area contributed by atoms with E-state index >= 15 is 0 Å². The number of hydrogen-bond donors (Lipinski definition) is 1. The van der Waals surface area contributed by atoms with E-state index in [9.17, 15) is 18.0 Å². The lowest BCUT2D eigenvalue weighted by Crippen LogP contribution is -2.14. The number of pyridine rings is 1. The van der Waals surface area contributed by atoms with Gasteiger partial charge in [-0.2, -0.15) is 13.2 Å². The topological polar surface area (TPSA) is 59.3 Å². The number of benzene rings is 1. The first-order valence-corrected chi connectivity index (χ1v) is 8.45. The fraction of sp³-hybridized carbons (Fsp3) is 0.118. The van der Waals surface area contributed by atoms with Crippen LogP contribution in [0.15, 0.2) is 48.2 Å². The smallest absolute Gasteiger partial charge is 0.308 e. The Morgan fingerprint density at radius 3 is 2.88 bits per heavy atom. The van der Waals surface area contributed by atoms with Gasteiger partial charge in [-0.1, -0.05) is 12.1 Å². The van der Waals surface area contributed by atoms with Crippen molar-refractivity contribution in [2.24, 2.45) is 0 Å². The van der Waals surface area contributed by atoms with Gasteiger partial charge >= 0.3 is 6.18 Å². The molecule has 132 valence electrons. The molecule has 3 aromatic heterocycles. The zero-order chi connectivity index (χ0) is 18.3. The van der Waals surface area contributed by atoms with Crippen molar-refractivity contribution < 1.29 is 18.0 Å². The van der Waals surface area contributed by atoms with Crippen LogP contribution in [0.3, 0.4) is 0 Å². The molecule has 0 unspecified atom stereocenters. The predicted molar refractivity (Wildman–Crippen MR) is 92.1 cm³/mol. The molecule has 26 heavy (non-hydrogen) atoms. The van der Waals surface area contributed by atoms with Crippen molar-refractivity contribution in [2.75, 3.05) is 5.32 Å². The summed E-state index contributed by atoms with van der Waals surface area (Å²) in [6.45, 7) is 0. The Hall–Kier alpha value is -2.94. The van der Waals surface area contributed by atoms with Gasteiger partial charge in [0.15, 0.2) is 5.82 Å². The van der Waals surface area contributed by atoms with Crippen molar-refractivity contribution in [3.63, 3.8) is 0 Å². The molecule has 0 fully saturated rings. The molecular weight excluding hydrogens is 365 g/mol. The predicted octanol–water partition coefficient (Wildman–Crippen LogP) is 4.14. The highest BCUT2D eigenvalue weighted by molar-refractivity contribution is 7.16. The van der Waals surface area contributed by atoms with Crippen LogP contribution in [0.2, 0.25) is 0 Å². The van der Waals surface area contributed by atoms with Gasteiger partial charge in [-0.05, 0) is 23.8 Å². The fourth-order valence-corrected chi connectivity index (χ4v) is 3.62. The number of anilines is 1. The number of imidazole rings is 1. The number of thiazole rings is 1. The number of amides is 1. The van der Waals surface area contributed by atoms with Crippen molar-refractivity contribution in [1.29, 1.82) is 0 Å². The van der Waals surface area contributed by atoms with E-state index in [0.717, 1.165) is 43.9 Å². The van der Waals surface area contributed by atoms with Crippen LogP contribution >= 0.6 is 11.3 Å². The molecule has 0 bridgehead atoms. The van der Waals surface area contributed by atoms with E-state index in [4.69, 9.17) is 0 Å². The van der Waals surface area contributed by atoms with Crippen LogP contribution in [0.5, 0.6) is 0 Å². The SMILES string of the molecule is O=C(Cc1ccc2ncccc2c1)Nc1ncn2c(C(F)(F)F)csc12. The van der Waals surface area contributed by atoms with E-state index in [1.54, 1.807) is 12.3 Å². The molecule has 0 aliphatic heterocycles. The van der Waals surface area contributed by atoms with E-state index in [-0.39, 0.29) is 23.0 Å². The number of hydrogen-bond acceptors (Lipinski definition) is 4. The van der Waals surface area contributed by atoms with E-state index in [2.05, 4.69) is 15.3 Å². The third kappa shape index (κ3) is 3.01. The van der Waals surface area contributed by atoms with Crippen LogP contribution in [0.1, 0.15) is 11.3 Å². The Bertz CT molecular complexity index is 1120. The minimum absolute atomic E-state index is 0.0847. The van der Waals surface area contributed by atoms with Gasteiger partial charge in [-0.15, -0.1) is 11.3 Å². The number of aromatic nitrogens is 3. The molecular formula is C17H11F3N4OS. The summed E-state index contributed by atoms with van der Waals surface area (Å²) in [5, 5.41) is 4.50. The van der Waals surface area contributed by atoms with Gasteiger partial charge in [-0.3, -0.25) is 14.2 Å². The van der Waals surface area contributed by atoms with Crippen molar-refractivity contribution >= 4 is 38.8 Å². The lowest BCUT2D eigenvalue weighted by Gasteiger charge is -2.04. The maximum atomic E-state index is 12.9. The number of halogens is 3. The largest absolute Gasteiger partial charge is 0.432 e. The molecule has 9 heteroatoms. The monoisotopic (exact) mass is 376 g/mol. The van der Waals surface area contributed by atoms with E-state index in [0.29, 0.717) is 0 Å². The zero-order valence-corrected chi connectivity index (χ0v) is 13.9. The molecule has 1 aromatic carbocycles. The first-order chi connectivity index (χ1) is 12.4. The summed E-state index contributed by atoms with van der Waals surface area (Å²) in [6.07, 6.45) is -1.64. The summed E-state index contributed by atoms with van der Waals surface area (Å²) < 4.78 is 39.6. The summed E-state index contributed by atoms with van der Waals surface area (Å²) >= 11 is 0.882. The summed E-state index contributed by atoms with van der Waals surface area (Å²) in [7, 11) is 0. The quantitative estimate of drug-likeness (QED) is 0.585. The van der Waals surface area contributed by atoms with Gasteiger partial charge in [0.2, 0.25) is 5.91 Å². The lowest BCUT2D eigenvalue weighted by atomic mass is 10.1. The van der Waals surface area contributed by atoms with Crippen LogP contribution in [0.25, 0.3) is 15.7 Å². The van der Waals surface area contributed by atoms with Gasteiger partial charge in [-0.25, -0.2) is 4.98 Å². The molecule has 3 heterocycles. The number of rotatable bonds is 3. The average Bonchev–Trinajstić information content (AvgIpc) is 3.17. The van der Waals surface area contributed by atoms with Crippen LogP contribution in [0.4, 0.5) is 19.0 Å². The van der Waals surface area contributed by atoms with Crippen molar-refractivity contribution in [3.05, 3.63) is 59.5 Å². The third-order valence-electron chi connectivity index (χ3n) is 3.85.